The van der Waals surface area contributed by atoms with Crippen molar-refractivity contribution in [3.8, 4) is 0 Å². The van der Waals surface area contributed by atoms with Crippen LogP contribution in [-0.4, -0.2) is 33.2 Å². The topological polar surface area (TPSA) is 112 Å². The van der Waals surface area contributed by atoms with Crippen molar-refractivity contribution < 1.29 is 29.7 Å². The van der Waals surface area contributed by atoms with Crippen LogP contribution in [0.5, 0.6) is 0 Å². The van der Waals surface area contributed by atoms with Crippen LogP contribution in [0.2, 0.25) is 0 Å². The molecule has 2 unspecified atom stereocenters. The predicted octanol–water partition coefficient (Wildman–Crippen LogP) is -0.508. The average Bonchev–Trinajstić information content (AvgIpc) is 2.56. The SMILES string of the molecule is CC1C(C(=O)O)C1(C(=O)O)C(=O)O. The molecule has 0 spiro atoms. The summed E-state index contributed by atoms with van der Waals surface area (Å²) in [6, 6.07) is 0. The van der Waals surface area contributed by atoms with E-state index in [9.17, 15) is 14.4 Å². The van der Waals surface area contributed by atoms with Crippen molar-refractivity contribution in [2.45, 2.75) is 6.92 Å². The molecule has 2 atom stereocenters. The zero-order chi connectivity index (χ0) is 10.4. The van der Waals surface area contributed by atoms with Crippen molar-refractivity contribution in [3.63, 3.8) is 0 Å². The molecule has 0 bridgehead atoms. The molecule has 72 valence electrons. The van der Waals surface area contributed by atoms with E-state index in [4.69, 9.17) is 15.3 Å². The lowest BCUT2D eigenvalue weighted by molar-refractivity contribution is -0.161. The highest BCUT2D eigenvalue weighted by Gasteiger charge is 2.76. The van der Waals surface area contributed by atoms with Crippen molar-refractivity contribution in [2.24, 2.45) is 17.3 Å². The standard InChI is InChI=1S/C7H8O6/c1-2-3(4(8)9)7(2,5(10)11)6(12)13/h2-3H,1H3,(H,8,9)(H,10,11)(H,12,13). The van der Waals surface area contributed by atoms with Gasteiger partial charge in [-0.25, -0.2) is 0 Å². The second kappa shape index (κ2) is 2.45. The number of carboxylic acids is 3. The Hall–Kier alpha value is -1.59. The molecule has 0 radical (unpaired) electrons. The Kier molecular flexibility index (Phi) is 1.79. The van der Waals surface area contributed by atoms with Crippen LogP contribution in [0.4, 0.5) is 0 Å². The fraction of sp³-hybridized carbons (Fsp3) is 0.571. The van der Waals surface area contributed by atoms with Gasteiger partial charge >= 0.3 is 17.9 Å². The number of hydrogen-bond donors (Lipinski definition) is 3. The maximum Gasteiger partial charge on any atom is 0.322 e. The summed E-state index contributed by atoms with van der Waals surface area (Å²) in [4.78, 5) is 31.7. The summed E-state index contributed by atoms with van der Waals surface area (Å²) in [5, 5.41) is 25.8. The summed E-state index contributed by atoms with van der Waals surface area (Å²) in [7, 11) is 0. The molecule has 0 aromatic rings. The highest BCUT2D eigenvalue weighted by Crippen LogP contribution is 2.59. The van der Waals surface area contributed by atoms with Crippen LogP contribution >= 0.6 is 0 Å². The van der Waals surface area contributed by atoms with Gasteiger partial charge in [-0.05, 0) is 5.92 Å². The van der Waals surface area contributed by atoms with E-state index in [1.54, 1.807) is 0 Å². The molecule has 0 amide bonds. The van der Waals surface area contributed by atoms with E-state index in [-0.39, 0.29) is 0 Å². The Morgan fingerprint density at radius 2 is 1.46 bits per heavy atom. The first-order valence-electron chi connectivity index (χ1n) is 3.56. The normalized spacial score (nSPS) is 29.3. The summed E-state index contributed by atoms with van der Waals surface area (Å²) in [5.74, 6) is -6.72. The van der Waals surface area contributed by atoms with E-state index in [0.717, 1.165) is 0 Å². The molecule has 0 aromatic heterocycles. The van der Waals surface area contributed by atoms with Gasteiger partial charge in [0.05, 0.1) is 5.92 Å². The Labute approximate surface area is 72.8 Å². The molecule has 6 heteroatoms. The fourth-order valence-corrected chi connectivity index (χ4v) is 1.72. The van der Waals surface area contributed by atoms with Gasteiger partial charge in [-0.15, -0.1) is 0 Å². The predicted molar refractivity (Wildman–Crippen MR) is 38.0 cm³/mol. The molecule has 0 saturated heterocycles. The second-order valence-electron chi connectivity index (χ2n) is 3.08. The zero-order valence-electron chi connectivity index (χ0n) is 6.72. The molecule has 1 rings (SSSR count). The maximum atomic E-state index is 10.6. The number of hydrogen-bond acceptors (Lipinski definition) is 3. The molecule has 1 aliphatic rings. The molecule has 0 aromatic carbocycles. The van der Waals surface area contributed by atoms with E-state index >= 15 is 0 Å². The lowest BCUT2D eigenvalue weighted by atomic mass is 10.0. The highest BCUT2D eigenvalue weighted by molar-refractivity contribution is 6.08. The van der Waals surface area contributed by atoms with Crippen LogP contribution in [0.1, 0.15) is 6.92 Å². The van der Waals surface area contributed by atoms with E-state index in [1.807, 2.05) is 0 Å². The van der Waals surface area contributed by atoms with Crippen LogP contribution in [0, 0.1) is 17.3 Å². The van der Waals surface area contributed by atoms with Crippen LogP contribution in [0.15, 0.2) is 0 Å². The van der Waals surface area contributed by atoms with Gasteiger partial charge in [0.2, 0.25) is 0 Å². The van der Waals surface area contributed by atoms with Gasteiger partial charge in [-0.3, -0.25) is 14.4 Å². The zero-order valence-corrected chi connectivity index (χ0v) is 6.72. The monoisotopic (exact) mass is 188 g/mol. The minimum Gasteiger partial charge on any atom is -0.481 e. The number of rotatable bonds is 3. The van der Waals surface area contributed by atoms with Gasteiger partial charge in [0.15, 0.2) is 5.41 Å². The molecule has 6 nitrogen and oxygen atoms in total. The third-order valence-electron chi connectivity index (χ3n) is 2.57. The Bertz CT molecular complexity index is 279. The van der Waals surface area contributed by atoms with Crippen LogP contribution in [0.25, 0.3) is 0 Å². The molecule has 1 fully saturated rings. The first kappa shape index (κ1) is 9.50. The van der Waals surface area contributed by atoms with Crippen LogP contribution in [0.3, 0.4) is 0 Å². The van der Waals surface area contributed by atoms with E-state index in [1.165, 1.54) is 6.92 Å². The lowest BCUT2D eigenvalue weighted by Crippen LogP contribution is -2.30. The smallest absolute Gasteiger partial charge is 0.322 e. The summed E-state index contributed by atoms with van der Waals surface area (Å²) in [6.45, 7) is 1.31. The van der Waals surface area contributed by atoms with Crippen LogP contribution in [-0.2, 0) is 14.4 Å². The molecule has 1 aliphatic carbocycles. The lowest BCUT2D eigenvalue weighted by Gasteiger charge is -2.03. The summed E-state index contributed by atoms with van der Waals surface area (Å²) in [6.07, 6.45) is 0. The van der Waals surface area contributed by atoms with Gasteiger partial charge in [0, 0.05) is 0 Å². The van der Waals surface area contributed by atoms with Gasteiger partial charge in [-0.1, -0.05) is 6.92 Å². The van der Waals surface area contributed by atoms with E-state index in [2.05, 4.69) is 0 Å². The van der Waals surface area contributed by atoms with Gasteiger partial charge in [0.1, 0.15) is 0 Å². The molecule has 3 N–H and O–H groups in total. The molecule has 0 heterocycles. The van der Waals surface area contributed by atoms with Crippen molar-refractivity contribution in [2.75, 3.05) is 0 Å². The van der Waals surface area contributed by atoms with Crippen molar-refractivity contribution >= 4 is 17.9 Å². The molecule has 0 aliphatic heterocycles. The van der Waals surface area contributed by atoms with Crippen molar-refractivity contribution in [1.29, 1.82) is 0 Å². The fourth-order valence-electron chi connectivity index (χ4n) is 1.72. The first-order chi connectivity index (χ1) is 5.86. The Balaban J connectivity index is 3.06. The summed E-state index contributed by atoms with van der Waals surface area (Å²) >= 11 is 0. The second-order valence-corrected chi connectivity index (χ2v) is 3.08. The summed E-state index contributed by atoms with van der Waals surface area (Å²) < 4.78 is 0. The largest absolute Gasteiger partial charge is 0.481 e. The maximum absolute atomic E-state index is 10.6. The van der Waals surface area contributed by atoms with Crippen molar-refractivity contribution in [1.82, 2.24) is 0 Å². The number of carboxylic acid groups (broad SMARTS) is 3. The molecular formula is C7H8O6. The minimum absolute atomic E-state index is 0.861. The quantitative estimate of drug-likeness (QED) is 0.514. The molecule has 1 saturated carbocycles. The van der Waals surface area contributed by atoms with Crippen LogP contribution < -0.4 is 0 Å². The average molecular weight is 188 g/mol. The summed E-state index contributed by atoms with van der Waals surface area (Å²) in [5.41, 5.74) is -2.12. The van der Waals surface area contributed by atoms with Crippen molar-refractivity contribution in [3.05, 3.63) is 0 Å². The number of carbonyl (C=O) groups is 3. The van der Waals surface area contributed by atoms with Gasteiger partial charge in [0.25, 0.3) is 0 Å². The van der Waals surface area contributed by atoms with Gasteiger partial charge in [-0.2, -0.15) is 0 Å². The Morgan fingerprint density at radius 3 is 1.54 bits per heavy atom. The third-order valence-corrected chi connectivity index (χ3v) is 2.57. The molecular weight excluding hydrogens is 180 g/mol. The third kappa shape index (κ3) is 0.912. The first-order valence-corrected chi connectivity index (χ1v) is 3.56. The van der Waals surface area contributed by atoms with E-state index in [0.29, 0.717) is 0 Å². The highest BCUT2D eigenvalue weighted by atomic mass is 16.4. The Morgan fingerprint density at radius 1 is 1.08 bits per heavy atom. The van der Waals surface area contributed by atoms with E-state index < -0.39 is 35.2 Å². The minimum atomic E-state index is -2.12. The molecule has 13 heavy (non-hydrogen) atoms. The van der Waals surface area contributed by atoms with Gasteiger partial charge < -0.3 is 15.3 Å². The number of aliphatic carboxylic acids is 3.